The SMILES string of the molecule is Cc1ccc(NC(=O)Nc2ccc[nH+]c2)c(C)c1.O.O=[N+]([O-])[O-]. The second-order valence-corrected chi connectivity index (χ2v) is 4.41. The summed E-state index contributed by atoms with van der Waals surface area (Å²) in [6, 6.07) is 9.30. The van der Waals surface area contributed by atoms with Gasteiger partial charge >= 0.3 is 6.03 Å². The molecule has 0 saturated heterocycles. The van der Waals surface area contributed by atoms with E-state index in [1.165, 1.54) is 5.56 Å². The topological polar surface area (TPSA) is 153 Å². The number of urea groups is 1. The molecule has 9 heteroatoms. The van der Waals surface area contributed by atoms with Crippen molar-refractivity contribution >= 4 is 17.4 Å². The summed E-state index contributed by atoms with van der Waals surface area (Å²) < 4.78 is 0. The zero-order chi connectivity index (χ0) is 16.5. The highest BCUT2D eigenvalue weighted by Gasteiger charge is 2.05. The second-order valence-electron chi connectivity index (χ2n) is 4.41. The van der Waals surface area contributed by atoms with Crippen molar-refractivity contribution in [1.29, 1.82) is 0 Å². The molecule has 2 aromatic rings. The summed E-state index contributed by atoms with van der Waals surface area (Å²) in [4.78, 5) is 22.9. The molecule has 1 heterocycles. The van der Waals surface area contributed by atoms with E-state index in [-0.39, 0.29) is 11.5 Å². The molecule has 0 aliphatic rings. The van der Waals surface area contributed by atoms with Crippen molar-refractivity contribution in [3.63, 3.8) is 0 Å². The number of aromatic nitrogens is 1. The Bertz CT molecular complexity index is 645. The third kappa shape index (κ3) is 7.97. The zero-order valence-corrected chi connectivity index (χ0v) is 12.6. The van der Waals surface area contributed by atoms with Gasteiger partial charge in [-0.15, -0.1) is 0 Å². The van der Waals surface area contributed by atoms with Gasteiger partial charge in [0.1, 0.15) is 5.69 Å². The molecule has 0 fully saturated rings. The van der Waals surface area contributed by atoms with Gasteiger partial charge < -0.3 is 31.4 Å². The number of carbonyl (C=O) groups excluding carboxylic acids is 1. The average molecular weight is 322 g/mol. The molecule has 2 rings (SSSR count). The molecule has 9 nitrogen and oxygen atoms in total. The quantitative estimate of drug-likeness (QED) is 0.638. The molecular formula is C14H18N4O5. The van der Waals surface area contributed by atoms with Crippen LogP contribution >= 0.6 is 0 Å². The number of aromatic amines is 1. The van der Waals surface area contributed by atoms with E-state index in [0.717, 1.165) is 16.9 Å². The van der Waals surface area contributed by atoms with E-state index in [0.29, 0.717) is 0 Å². The number of carbonyl (C=O) groups is 1. The van der Waals surface area contributed by atoms with Gasteiger partial charge in [0.05, 0.1) is 5.09 Å². The van der Waals surface area contributed by atoms with E-state index >= 15 is 0 Å². The van der Waals surface area contributed by atoms with Crippen LogP contribution in [0.4, 0.5) is 16.2 Å². The summed E-state index contributed by atoms with van der Waals surface area (Å²) in [6.45, 7) is 4.00. The van der Waals surface area contributed by atoms with Crippen LogP contribution in [0.1, 0.15) is 11.1 Å². The van der Waals surface area contributed by atoms with Crippen molar-refractivity contribution in [1.82, 2.24) is 0 Å². The van der Waals surface area contributed by atoms with E-state index < -0.39 is 5.09 Å². The van der Waals surface area contributed by atoms with Crippen LogP contribution in [0.2, 0.25) is 0 Å². The summed E-state index contributed by atoms with van der Waals surface area (Å²) in [5.74, 6) is 0. The highest BCUT2D eigenvalue weighted by atomic mass is 16.9. The highest BCUT2D eigenvalue weighted by molar-refractivity contribution is 6.00. The number of H-pyrrole nitrogens is 1. The first kappa shape index (κ1) is 19.8. The molecule has 0 bridgehead atoms. The lowest BCUT2D eigenvalue weighted by molar-refractivity contribution is -0.402. The number of nitrogens with zero attached hydrogens (tertiary/aromatic N) is 1. The van der Waals surface area contributed by atoms with E-state index in [2.05, 4.69) is 15.6 Å². The van der Waals surface area contributed by atoms with Gasteiger partial charge in [-0.3, -0.25) is 0 Å². The van der Waals surface area contributed by atoms with E-state index in [9.17, 15) is 4.79 Å². The van der Waals surface area contributed by atoms with E-state index in [4.69, 9.17) is 15.3 Å². The largest absolute Gasteiger partial charge is 0.412 e. The Labute approximate surface area is 132 Å². The van der Waals surface area contributed by atoms with Gasteiger partial charge in [0, 0.05) is 11.8 Å². The minimum atomic E-state index is -1.75. The Morgan fingerprint density at radius 3 is 2.35 bits per heavy atom. The fourth-order valence-corrected chi connectivity index (χ4v) is 1.71. The molecule has 124 valence electrons. The van der Waals surface area contributed by atoms with Crippen LogP contribution in [0.15, 0.2) is 42.7 Å². The first-order chi connectivity index (χ1) is 10.4. The number of aryl methyl sites for hydroxylation is 2. The Balaban J connectivity index is 0.000000871. The lowest BCUT2D eigenvalue weighted by atomic mass is 10.1. The van der Waals surface area contributed by atoms with Crippen LogP contribution in [0.3, 0.4) is 0 Å². The fraction of sp³-hybridized carbons (Fsp3) is 0.143. The van der Waals surface area contributed by atoms with Gasteiger partial charge in [-0.1, -0.05) is 17.7 Å². The zero-order valence-electron chi connectivity index (χ0n) is 12.6. The standard InChI is InChI=1S/C14H15N3O.NO3.H2O/c1-10-5-6-13(11(2)8-10)17-14(18)16-12-4-3-7-15-9-12;2-1(3)4;/h3-9H,1-2H3,(H2,16,17,18);;1H2/q;-1;/p+1. The Kier molecular flexibility index (Phi) is 8.34. The van der Waals surface area contributed by atoms with E-state index in [1.807, 2.05) is 44.2 Å². The van der Waals surface area contributed by atoms with Crippen molar-refractivity contribution in [2.24, 2.45) is 0 Å². The van der Waals surface area contributed by atoms with Gasteiger partial charge in [-0.05, 0) is 31.5 Å². The molecule has 0 saturated carbocycles. The van der Waals surface area contributed by atoms with Crippen LogP contribution in [-0.2, 0) is 0 Å². The van der Waals surface area contributed by atoms with Crippen molar-refractivity contribution in [3.8, 4) is 0 Å². The summed E-state index contributed by atoms with van der Waals surface area (Å²) in [5.41, 5.74) is 3.76. The van der Waals surface area contributed by atoms with Crippen molar-refractivity contribution in [2.75, 3.05) is 10.6 Å². The molecular weight excluding hydrogens is 304 g/mol. The third-order valence-corrected chi connectivity index (χ3v) is 2.60. The first-order valence-corrected chi connectivity index (χ1v) is 6.31. The second kappa shape index (κ2) is 9.68. The smallest absolute Gasteiger partial charge is 0.323 e. The fourth-order valence-electron chi connectivity index (χ4n) is 1.71. The molecule has 0 spiro atoms. The van der Waals surface area contributed by atoms with Crippen molar-refractivity contribution in [2.45, 2.75) is 13.8 Å². The van der Waals surface area contributed by atoms with Crippen LogP contribution < -0.4 is 15.6 Å². The third-order valence-electron chi connectivity index (χ3n) is 2.60. The number of pyridine rings is 1. The summed E-state index contributed by atoms with van der Waals surface area (Å²) in [6.07, 6.45) is 3.51. The van der Waals surface area contributed by atoms with Crippen molar-refractivity contribution in [3.05, 3.63) is 69.2 Å². The number of benzene rings is 1. The monoisotopic (exact) mass is 322 g/mol. The predicted octanol–water partition coefficient (Wildman–Crippen LogP) is 1.70. The molecule has 23 heavy (non-hydrogen) atoms. The number of hydrogen-bond donors (Lipinski definition) is 2. The Hall–Kier alpha value is -3.20. The predicted molar refractivity (Wildman–Crippen MR) is 85.5 cm³/mol. The summed E-state index contributed by atoms with van der Waals surface area (Å²) >= 11 is 0. The van der Waals surface area contributed by atoms with E-state index in [1.54, 1.807) is 12.4 Å². The summed E-state index contributed by atoms with van der Waals surface area (Å²) in [5, 5.41) is 20.3. The molecule has 0 atom stereocenters. The van der Waals surface area contributed by atoms with Gasteiger partial charge in [-0.2, -0.15) is 0 Å². The number of rotatable bonds is 2. The summed E-state index contributed by atoms with van der Waals surface area (Å²) in [7, 11) is 0. The maximum absolute atomic E-state index is 11.8. The molecule has 1 aromatic heterocycles. The van der Waals surface area contributed by atoms with Crippen LogP contribution in [0.5, 0.6) is 0 Å². The maximum Gasteiger partial charge on any atom is 0.323 e. The van der Waals surface area contributed by atoms with Crippen LogP contribution in [-0.4, -0.2) is 16.6 Å². The Morgan fingerprint density at radius 1 is 1.17 bits per heavy atom. The molecule has 5 N–H and O–H groups in total. The highest BCUT2D eigenvalue weighted by Crippen LogP contribution is 2.16. The maximum atomic E-state index is 11.8. The molecule has 1 aromatic carbocycles. The average Bonchev–Trinajstić information content (AvgIpc) is 2.42. The van der Waals surface area contributed by atoms with Crippen LogP contribution in [0, 0.1) is 29.2 Å². The molecule has 0 aliphatic carbocycles. The number of anilines is 2. The van der Waals surface area contributed by atoms with Gasteiger partial charge in [0.25, 0.3) is 0 Å². The first-order valence-electron chi connectivity index (χ1n) is 6.31. The molecule has 0 radical (unpaired) electrons. The molecule has 2 amide bonds. The minimum Gasteiger partial charge on any atom is -0.412 e. The van der Waals surface area contributed by atoms with Gasteiger partial charge in [-0.25, -0.2) is 9.78 Å². The van der Waals surface area contributed by atoms with Crippen molar-refractivity contribution < 1.29 is 20.3 Å². The molecule has 0 unspecified atom stereocenters. The Morgan fingerprint density at radius 2 is 1.83 bits per heavy atom. The lowest BCUT2D eigenvalue weighted by Gasteiger charge is -2.09. The van der Waals surface area contributed by atoms with Gasteiger partial charge in [0.15, 0.2) is 12.4 Å². The number of hydrogen-bond acceptors (Lipinski definition) is 4. The lowest BCUT2D eigenvalue weighted by Crippen LogP contribution is -2.20. The normalized spacial score (nSPS) is 8.78. The number of nitrogens with one attached hydrogen (secondary N) is 3. The number of amides is 2. The molecule has 0 aliphatic heterocycles. The van der Waals surface area contributed by atoms with Gasteiger partial charge in [0.2, 0.25) is 0 Å². The minimum absolute atomic E-state index is 0. The van der Waals surface area contributed by atoms with Crippen LogP contribution in [0.25, 0.3) is 0 Å².